The minimum Gasteiger partial charge on any atom is -0.368 e. The van der Waals surface area contributed by atoms with Crippen molar-refractivity contribution in [3.05, 3.63) is 53.7 Å². The molecule has 0 aliphatic carbocycles. The number of carbonyl (C=O) groups is 1. The summed E-state index contributed by atoms with van der Waals surface area (Å²) < 4.78 is 0. The molecule has 0 aliphatic rings. The van der Waals surface area contributed by atoms with Crippen molar-refractivity contribution in [3.63, 3.8) is 0 Å². The Morgan fingerprint density at radius 3 is 2.67 bits per heavy atom. The molecule has 0 spiro atoms. The number of anilines is 2. The lowest BCUT2D eigenvalue weighted by Gasteiger charge is -2.09. The van der Waals surface area contributed by atoms with Gasteiger partial charge in [-0.15, -0.1) is 0 Å². The van der Waals surface area contributed by atoms with Crippen LogP contribution in [0.25, 0.3) is 6.08 Å². The van der Waals surface area contributed by atoms with Crippen LogP contribution in [0.4, 0.5) is 11.8 Å². The van der Waals surface area contributed by atoms with Crippen LogP contribution in [-0.4, -0.2) is 35.5 Å². The van der Waals surface area contributed by atoms with E-state index in [9.17, 15) is 4.79 Å². The van der Waals surface area contributed by atoms with E-state index in [2.05, 4.69) is 25.9 Å². The van der Waals surface area contributed by atoms with Crippen LogP contribution in [0, 0.1) is 6.92 Å². The Labute approximate surface area is 142 Å². The Morgan fingerprint density at radius 2 is 1.92 bits per heavy atom. The largest absolute Gasteiger partial charge is 0.368 e. The highest BCUT2D eigenvalue weighted by Crippen LogP contribution is 2.08. The van der Waals surface area contributed by atoms with Gasteiger partial charge in [0, 0.05) is 37.5 Å². The Kier molecular flexibility index (Phi) is 6.76. The highest BCUT2D eigenvalue weighted by Gasteiger charge is 2.01. The first kappa shape index (κ1) is 17.5. The number of rotatable bonds is 8. The predicted molar refractivity (Wildman–Crippen MR) is 97.9 cm³/mol. The maximum absolute atomic E-state index is 11.8. The lowest BCUT2D eigenvalue weighted by atomic mass is 10.2. The molecule has 1 aromatic heterocycles. The zero-order valence-corrected chi connectivity index (χ0v) is 14.0. The third-order valence-electron chi connectivity index (χ3n) is 3.15. The molecule has 0 bridgehead atoms. The normalized spacial score (nSPS) is 10.6. The van der Waals surface area contributed by atoms with Gasteiger partial charge in [0.1, 0.15) is 5.82 Å². The van der Waals surface area contributed by atoms with Gasteiger partial charge in [0.25, 0.3) is 0 Å². The highest BCUT2D eigenvalue weighted by atomic mass is 16.1. The van der Waals surface area contributed by atoms with E-state index in [-0.39, 0.29) is 5.91 Å². The molecule has 6 nitrogen and oxygen atoms in total. The van der Waals surface area contributed by atoms with Crippen molar-refractivity contribution in [1.82, 2.24) is 15.3 Å². The van der Waals surface area contributed by atoms with Gasteiger partial charge in [-0.05, 0) is 25.5 Å². The van der Waals surface area contributed by atoms with Gasteiger partial charge in [-0.2, -0.15) is 4.98 Å². The number of benzene rings is 1. The quantitative estimate of drug-likeness (QED) is 0.513. The van der Waals surface area contributed by atoms with Crippen LogP contribution in [0.15, 0.2) is 42.5 Å². The fourth-order valence-electron chi connectivity index (χ4n) is 2.07. The molecule has 0 saturated heterocycles. The van der Waals surface area contributed by atoms with Gasteiger partial charge in [-0.1, -0.05) is 30.3 Å². The SMILES string of the molecule is CCNc1nc(C)cc(NCCNC(=O)/C=C/c2ccccc2)n1. The predicted octanol–water partition coefficient (Wildman–Crippen LogP) is 2.46. The van der Waals surface area contributed by atoms with E-state index in [0.717, 1.165) is 23.6 Å². The van der Waals surface area contributed by atoms with Crippen molar-refractivity contribution in [2.45, 2.75) is 13.8 Å². The molecule has 1 heterocycles. The second kappa shape index (κ2) is 9.29. The summed E-state index contributed by atoms with van der Waals surface area (Å²) in [5.74, 6) is 1.23. The van der Waals surface area contributed by atoms with E-state index in [4.69, 9.17) is 0 Å². The molecule has 1 amide bonds. The molecule has 0 atom stereocenters. The average Bonchev–Trinajstić information content (AvgIpc) is 2.58. The highest BCUT2D eigenvalue weighted by molar-refractivity contribution is 5.91. The molecule has 2 rings (SSSR count). The van der Waals surface area contributed by atoms with Crippen molar-refractivity contribution in [1.29, 1.82) is 0 Å². The molecule has 6 heteroatoms. The first-order valence-corrected chi connectivity index (χ1v) is 8.02. The Morgan fingerprint density at radius 1 is 1.12 bits per heavy atom. The van der Waals surface area contributed by atoms with Crippen LogP contribution in [0.3, 0.4) is 0 Å². The fraction of sp³-hybridized carbons (Fsp3) is 0.278. The molecule has 3 N–H and O–H groups in total. The molecule has 0 aliphatic heterocycles. The summed E-state index contributed by atoms with van der Waals surface area (Å²) >= 11 is 0. The van der Waals surface area contributed by atoms with E-state index >= 15 is 0 Å². The van der Waals surface area contributed by atoms with E-state index in [1.165, 1.54) is 6.08 Å². The standard InChI is InChI=1S/C18H23N5O/c1-3-19-18-22-14(2)13-16(23-18)20-11-12-21-17(24)10-9-15-7-5-4-6-8-15/h4-10,13H,3,11-12H2,1-2H3,(H,21,24)(H2,19,20,22,23)/b10-9+. The van der Waals surface area contributed by atoms with Crippen molar-refractivity contribution in [2.24, 2.45) is 0 Å². The number of hydrogen-bond donors (Lipinski definition) is 3. The molecule has 0 radical (unpaired) electrons. The molecule has 0 saturated carbocycles. The number of aryl methyl sites for hydroxylation is 1. The number of amides is 1. The zero-order valence-electron chi connectivity index (χ0n) is 14.0. The Bertz CT molecular complexity index is 685. The lowest BCUT2D eigenvalue weighted by Crippen LogP contribution is -2.27. The van der Waals surface area contributed by atoms with Gasteiger partial charge in [0.2, 0.25) is 11.9 Å². The number of nitrogens with zero attached hydrogens (tertiary/aromatic N) is 2. The number of carbonyl (C=O) groups excluding carboxylic acids is 1. The minimum absolute atomic E-state index is 0.118. The minimum atomic E-state index is -0.118. The monoisotopic (exact) mass is 325 g/mol. The van der Waals surface area contributed by atoms with Gasteiger partial charge in [0.05, 0.1) is 0 Å². The van der Waals surface area contributed by atoms with Crippen LogP contribution in [0.5, 0.6) is 0 Å². The number of nitrogens with one attached hydrogen (secondary N) is 3. The third kappa shape index (κ3) is 6.08. The molecule has 24 heavy (non-hydrogen) atoms. The average molecular weight is 325 g/mol. The molecule has 126 valence electrons. The summed E-state index contributed by atoms with van der Waals surface area (Å²) in [7, 11) is 0. The summed E-state index contributed by atoms with van der Waals surface area (Å²) in [6.07, 6.45) is 3.33. The van der Waals surface area contributed by atoms with Gasteiger partial charge in [-0.25, -0.2) is 4.98 Å². The summed E-state index contributed by atoms with van der Waals surface area (Å²) in [6.45, 7) is 5.79. The fourth-order valence-corrected chi connectivity index (χ4v) is 2.07. The van der Waals surface area contributed by atoms with Crippen molar-refractivity contribution >= 4 is 23.7 Å². The summed E-state index contributed by atoms with van der Waals surface area (Å²) in [4.78, 5) is 20.4. The van der Waals surface area contributed by atoms with Crippen LogP contribution < -0.4 is 16.0 Å². The van der Waals surface area contributed by atoms with Crippen LogP contribution in [0.1, 0.15) is 18.2 Å². The Balaban J connectivity index is 1.74. The van der Waals surface area contributed by atoms with Crippen LogP contribution in [0.2, 0.25) is 0 Å². The summed E-state index contributed by atoms with van der Waals surface area (Å²) in [6, 6.07) is 11.6. The van der Waals surface area contributed by atoms with E-state index in [1.807, 2.05) is 50.2 Å². The molecular weight excluding hydrogens is 302 g/mol. The summed E-state index contributed by atoms with van der Waals surface area (Å²) in [5.41, 5.74) is 1.89. The van der Waals surface area contributed by atoms with Gasteiger partial charge >= 0.3 is 0 Å². The van der Waals surface area contributed by atoms with Crippen molar-refractivity contribution in [3.8, 4) is 0 Å². The lowest BCUT2D eigenvalue weighted by molar-refractivity contribution is -0.116. The Hall–Kier alpha value is -2.89. The van der Waals surface area contributed by atoms with Crippen molar-refractivity contribution in [2.75, 3.05) is 30.3 Å². The molecule has 1 aromatic carbocycles. The zero-order chi connectivity index (χ0) is 17.2. The topological polar surface area (TPSA) is 78.9 Å². The van der Waals surface area contributed by atoms with Gasteiger partial charge < -0.3 is 16.0 Å². The first-order chi connectivity index (χ1) is 11.7. The van der Waals surface area contributed by atoms with Crippen molar-refractivity contribution < 1.29 is 4.79 Å². The first-order valence-electron chi connectivity index (χ1n) is 8.02. The van der Waals surface area contributed by atoms with E-state index in [0.29, 0.717) is 19.0 Å². The smallest absolute Gasteiger partial charge is 0.244 e. The second-order valence-electron chi connectivity index (χ2n) is 5.21. The van der Waals surface area contributed by atoms with E-state index in [1.54, 1.807) is 6.08 Å². The maximum atomic E-state index is 11.8. The maximum Gasteiger partial charge on any atom is 0.244 e. The van der Waals surface area contributed by atoms with Crippen LogP contribution in [-0.2, 0) is 4.79 Å². The van der Waals surface area contributed by atoms with Crippen LogP contribution >= 0.6 is 0 Å². The molecule has 0 unspecified atom stereocenters. The third-order valence-corrected chi connectivity index (χ3v) is 3.15. The molecular formula is C18H23N5O. The number of hydrogen-bond acceptors (Lipinski definition) is 5. The van der Waals surface area contributed by atoms with E-state index < -0.39 is 0 Å². The summed E-state index contributed by atoms with van der Waals surface area (Å²) in [5, 5.41) is 9.10. The molecule has 0 fully saturated rings. The van der Waals surface area contributed by atoms with Gasteiger partial charge in [-0.3, -0.25) is 4.79 Å². The van der Waals surface area contributed by atoms with Gasteiger partial charge in [0.15, 0.2) is 0 Å². The second-order valence-corrected chi connectivity index (χ2v) is 5.21. The molecule has 2 aromatic rings. The number of aromatic nitrogens is 2.